The van der Waals surface area contributed by atoms with E-state index in [0.29, 0.717) is 16.4 Å². The number of halogens is 1. The molecule has 0 aliphatic rings. The second-order valence-electron chi connectivity index (χ2n) is 3.82. The molecule has 0 bridgehead atoms. The summed E-state index contributed by atoms with van der Waals surface area (Å²) in [5.41, 5.74) is 7.82. The molecule has 94 valence electrons. The molecule has 0 aliphatic carbocycles. The average molecular weight is 281 g/mol. The summed E-state index contributed by atoms with van der Waals surface area (Å²) in [4.78, 5) is 12.8. The highest BCUT2D eigenvalue weighted by molar-refractivity contribution is 7.12. The molecule has 0 saturated carbocycles. The Kier molecular flexibility index (Phi) is 3.89. The van der Waals surface area contributed by atoms with Gasteiger partial charge in [0.2, 0.25) is 0 Å². The zero-order valence-corrected chi connectivity index (χ0v) is 11.4. The first-order chi connectivity index (χ1) is 8.61. The maximum atomic E-state index is 12.1. The van der Waals surface area contributed by atoms with Gasteiger partial charge in [0.05, 0.1) is 15.6 Å². The molecule has 1 aromatic carbocycles. The van der Waals surface area contributed by atoms with E-state index in [4.69, 9.17) is 17.3 Å². The number of nitrogens with two attached hydrogens (primary N) is 1. The van der Waals surface area contributed by atoms with E-state index >= 15 is 0 Å². The molecule has 3 nitrogen and oxygen atoms in total. The summed E-state index contributed by atoms with van der Waals surface area (Å²) in [6.45, 7) is 2.02. The molecule has 0 spiro atoms. The van der Waals surface area contributed by atoms with Gasteiger partial charge >= 0.3 is 0 Å². The van der Waals surface area contributed by atoms with E-state index in [1.54, 1.807) is 18.2 Å². The van der Waals surface area contributed by atoms with Crippen LogP contribution in [-0.4, -0.2) is 5.91 Å². The lowest BCUT2D eigenvalue weighted by Crippen LogP contribution is -2.12. The Hall–Kier alpha value is -1.52. The summed E-state index contributed by atoms with van der Waals surface area (Å²) in [7, 11) is 0. The molecule has 5 heteroatoms. The van der Waals surface area contributed by atoms with Crippen molar-refractivity contribution in [1.29, 1.82) is 0 Å². The molecule has 0 atom stereocenters. The van der Waals surface area contributed by atoms with Crippen molar-refractivity contribution >= 4 is 40.2 Å². The SMILES string of the molecule is CCc1ccsc1C(=O)Nc1cc(N)ccc1Cl. The number of rotatable bonds is 3. The van der Waals surface area contributed by atoms with Gasteiger partial charge in [-0.05, 0) is 41.6 Å². The topological polar surface area (TPSA) is 55.1 Å². The van der Waals surface area contributed by atoms with Crippen molar-refractivity contribution in [3.05, 3.63) is 45.1 Å². The number of thiophene rings is 1. The van der Waals surface area contributed by atoms with Crippen LogP contribution < -0.4 is 11.1 Å². The van der Waals surface area contributed by atoms with E-state index in [2.05, 4.69) is 5.32 Å². The quantitative estimate of drug-likeness (QED) is 0.840. The van der Waals surface area contributed by atoms with Crippen molar-refractivity contribution in [2.45, 2.75) is 13.3 Å². The minimum atomic E-state index is -0.144. The first kappa shape index (κ1) is 12.9. The largest absolute Gasteiger partial charge is 0.399 e. The lowest BCUT2D eigenvalue weighted by Gasteiger charge is -2.08. The lowest BCUT2D eigenvalue weighted by molar-refractivity contribution is 0.103. The Balaban J connectivity index is 2.24. The van der Waals surface area contributed by atoms with E-state index in [1.165, 1.54) is 11.3 Å². The number of carbonyl (C=O) groups excluding carboxylic acids is 1. The third-order valence-corrected chi connectivity index (χ3v) is 3.86. The molecule has 1 aromatic heterocycles. The second-order valence-corrected chi connectivity index (χ2v) is 5.15. The van der Waals surface area contributed by atoms with E-state index in [9.17, 15) is 4.79 Å². The summed E-state index contributed by atoms with van der Waals surface area (Å²) < 4.78 is 0. The van der Waals surface area contributed by atoms with Crippen molar-refractivity contribution in [2.75, 3.05) is 11.1 Å². The molecule has 0 aliphatic heterocycles. The molecule has 2 rings (SSSR count). The van der Waals surface area contributed by atoms with Gasteiger partial charge in [0, 0.05) is 5.69 Å². The fraction of sp³-hybridized carbons (Fsp3) is 0.154. The third kappa shape index (κ3) is 2.66. The zero-order chi connectivity index (χ0) is 13.1. The monoisotopic (exact) mass is 280 g/mol. The second kappa shape index (κ2) is 5.42. The number of hydrogen-bond donors (Lipinski definition) is 2. The van der Waals surface area contributed by atoms with Crippen LogP contribution in [0.25, 0.3) is 0 Å². The van der Waals surface area contributed by atoms with Crippen molar-refractivity contribution in [3.8, 4) is 0 Å². The van der Waals surface area contributed by atoms with Crippen LogP contribution in [0.3, 0.4) is 0 Å². The maximum absolute atomic E-state index is 12.1. The van der Waals surface area contributed by atoms with Gasteiger partial charge < -0.3 is 11.1 Å². The molecule has 0 fully saturated rings. The number of benzene rings is 1. The fourth-order valence-corrected chi connectivity index (χ4v) is 2.69. The summed E-state index contributed by atoms with van der Waals surface area (Å²) in [6, 6.07) is 6.97. The molecule has 0 radical (unpaired) electrons. The molecule has 0 unspecified atom stereocenters. The van der Waals surface area contributed by atoms with Crippen LogP contribution in [0.15, 0.2) is 29.6 Å². The predicted octanol–water partition coefficient (Wildman–Crippen LogP) is 3.80. The molecule has 1 heterocycles. The van der Waals surface area contributed by atoms with Gasteiger partial charge in [-0.15, -0.1) is 11.3 Å². The van der Waals surface area contributed by atoms with Crippen molar-refractivity contribution < 1.29 is 4.79 Å². The summed E-state index contributed by atoms with van der Waals surface area (Å²) >= 11 is 7.43. The molecule has 0 saturated heterocycles. The number of carbonyl (C=O) groups is 1. The van der Waals surface area contributed by atoms with Crippen LogP contribution >= 0.6 is 22.9 Å². The predicted molar refractivity (Wildman–Crippen MR) is 77.5 cm³/mol. The molecule has 2 aromatic rings. The van der Waals surface area contributed by atoms with Crippen molar-refractivity contribution in [2.24, 2.45) is 0 Å². The smallest absolute Gasteiger partial charge is 0.266 e. The van der Waals surface area contributed by atoms with Crippen LogP contribution in [-0.2, 0) is 6.42 Å². The Morgan fingerprint density at radius 2 is 2.22 bits per heavy atom. The molecule has 1 amide bonds. The Morgan fingerprint density at radius 1 is 1.44 bits per heavy atom. The summed E-state index contributed by atoms with van der Waals surface area (Å²) in [6.07, 6.45) is 0.830. The van der Waals surface area contributed by atoms with Gasteiger partial charge in [-0.1, -0.05) is 18.5 Å². The minimum Gasteiger partial charge on any atom is -0.399 e. The number of hydrogen-bond acceptors (Lipinski definition) is 3. The fourth-order valence-electron chi connectivity index (χ4n) is 1.63. The van der Waals surface area contributed by atoms with E-state index in [0.717, 1.165) is 16.9 Å². The first-order valence-corrected chi connectivity index (χ1v) is 6.80. The lowest BCUT2D eigenvalue weighted by atomic mass is 10.2. The highest BCUT2D eigenvalue weighted by Gasteiger charge is 2.13. The summed E-state index contributed by atoms with van der Waals surface area (Å²) in [5, 5.41) is 5.18. The standard InChI is InChI=1S/C13H13ClN2OS/c1-2-8-5-6-18-12(8)13(17)16-11-7-9(15)3-4-10(11)14/h3-7H,2,15H2,1H3,(H,16,17). The van der Waals surface area contributed by atoms with Gasteiger partial charge in [-0.25, -0.2) is 0 Å². The first-order valence-electron chi connectivity index (χ1n) is 5.54. The van der Waals surface area contributed by atoms with Crippen LogP contribution in [0.2, 0.25) is 5.02 Å². The highest BCUT2D eigenvalue weighted by atomic mass is 35.5. The maximum Gasteiger partial charge on any atom is 0.266 e. The molecular formula is C13H13ClN2OS. The number of nitrogen functional groups attached to an aromatic ring is 1. The minimum absolute atomic E-state index is 0.144. The van der Waals surface area contributed by atoms with Gasteiger partial charge in [0.15, 0.2) is 0 Å². The molecule has 18 heavy (non-hydrogen) atoms. The third-order valence-electron chi connectivity index (χ3n) is 2.57. The Morgan fingerprint density at radius 3 is 2.94 bits per heavy atom. The van der Waals surface area contributed by atoms with Gasteiger partial charge in [0.25, 0.3) is 5.91 Å². The Bertz CT molecular complexity index is 580. The van der Waals surface area contributed by atoms with Crippen LogP contribution in [0.1, 0.15) is 22.2 Å². The number of amides is 1. The van der Waals surface area contributed by atoms with Crippen LogP contribution in [0, 0.1) is 0 Å². The van der Waals surface area contributed by atoms with Crippen LogP contribution in [0.4, 0.5) is 11.4 Å². The van der Waals surface area contributed by atoms with E-state index in [1.807, 2.05) is 18.4 Å². The van der Waals surface area contributed by atoms with Crippen molar-refractivity contribution in [3.63, 3.8) is 0 Å². The average Bonchev–Trinajstić information content (AvgIpc) is 2.82. The Labute approximate surface area is 115 Å². The van der Waals surface area contributed by atoms with Gasteiger partial charge in [-0.3, -0.25) is 4.79 Å². The number of aryl methyl sites for hydroxylation is 1. The van der Waals surface area contributed by atoms with Crippen LogP contribution in [0.5, 0.6) is 0 Å². The normalized spacial score (nSPS) is 10.3. The number of anilines is 2. The zero-order valence-electron chi connectivity index (χ0n) is 9.87. The van der Waals surface area contributed by atoms with E-state index in [-0.39, 0.29) is 5.91 Å². The van der Waals surface area contributed by atoms with Gasteiger partial charge in [0.1, 0.15) is 0 Å². The highest BCUT2D eigenvalue weighted by Crippen LogP contribution is 2.26. The van der Waals surface area contributed by atoms with Crippen molar-refractivity contribution in [1.82, 2.24) is 0 Å². The summed E-state index contributed by atoms with van der Waals surface area (Å²) in [5.74, 6) is -0.144. The van der Waals surface area contributed by atoms with E-state index < -0.39 is 0 Å². The molecule has 3 N–H and O–H groups in total. The number of nitrogens with one attached hydrogen (secondary N) is 1. The van der Waals surface area contributed by atoms with Gasteiger partial charge in [-0.2, -0.15) is 0 Å². The molecular weight excluding hydrogens is 268 g/mol.